The van der Waals surface area contributed by atoms with Crippen LogP contribution >= 0.6 is 0 Å². The van der Waals surface area contributed by atoms with Crippen LogP contribution in [0.3, 0.4) is 0 Å². The van der Waals surface area contributed by atoms with Gasteiger partial charge in [-0.25, -0.2) is 9.97 Å². The molecule has 3 aliphatic rings. The van der Waals surface area contributed by atoms with Crippen molar-refractivity contribution in [3.05, 3.63) is 17.1 Å². The van der Waals surface area contributed by atoms with Crippen LogP contribution in [0.25, 0.3) is 0 Å². The van der Waals surface area contributed by atoms with Crippen LogP contribution in [-0.2, 0) is 22.4 Å². The van der Waals surface area contributed by atoms with Gasteiger partial charge in [0.25, 0.3) is 0 Å². The van der Waals surface area contributed by atoms with Crippen molar-refractivity contribution in [2.45, 2.75) is 44.4 Å². The Morgan fingerprint density at radius 2 is 1.96 bits per heavy atom. The Hall–Kier alpha value is -1.69. The second kappa shape index (κ2) is 6.43. The van der Waals surface area contributed by atoms with Gasteiger partial charge in [0.2, 0.25) is 5.91 Å². The average Bonchev–Trinajstić information content (AvgIpc) is 2.99. The predicted octanol–water partition coefficient (Wildman–Crippen LogP) is 1.19. The fraction of sp³-hybridized carbons (Fsp3) is 0.706. The maximum absolute atomic E-state index is 11.8. The molecule has 0 atom stereocenters. The Labute approximate surface area is 136 Å². The summed E-state index contributed by atoms with van der Waals surface area (Å²) in [7, 11) is 0. The Kier molecular flexibility index (Phi) is 4.16. The third-order valence-electron chi connectivity index (χ3n) is 5.13. The van der Waals surface area contributed by atoms with Gasteiger partial charge in [-0.3, -0.25) is 4.79 Å². The van der Waals surface area contributed by atoms with E-state index in [1.807, 2.05) is 0 Å². The van der Waals surface area contributed by atoms with Gasteiger partial charge in [0.05, 0.1) is 25.5 Å². The second-order valence-electron chi connectivity index (χ2n) is 6.70. The molecule has 1 aromatic rings. The number of hydrogen-bond donors (Lipinski definition) is 1. The highest BCUT2D eigenvalue weighted by Crippen LogP contribution is 2.34. The van der Waals surface area contributed by atoms with E-state index in [1.165, 1.54) is 31.2 Å². The number of piperazine rings is 1. The van der Waals surface area contributed by atoms with E-state index in [-0.39, 0.29) is 5.91 Å². The maximum Gasteiger partial charge on any atom is 0.239 e. The van der Waals surface area contributed by atoms with Crippen LogP contribution in [0.4, 0.5) is 5.82 Å². The number of nitrogens with zero attached hydrogens (tertiary/aromatic N) is 3. The summed E-state index contributed by atoms with van der Waals surface area (Å²) < 4.78 is 5.64. The number of anilines is 1. The fourth-order valence-corrected chi connectivity index (χ4v) is 3.89. The summed E-state index contributed by atoms with van der Waals surface area (Å²) in [4.78, 5) is 23.8. The number of nitrogens with one attached hydrogen (secondary N) is 1. The number of aromatic nitrogens is 2. The molecule has 2 aliphatic heterocycles. The Bertz CT molecular complexity index is 599. The van der Waals surface area contributed by atoms with Crippen LogP contribution in [0.2, 0.25) is 0 Å². The van der Waals surface area contributed by atoms with Crippen molar-refractivity contribution < 1.29 is 9.53 Å². The highest BCUT2D eigenvalue weighted by atomic mass is 16.5. The first kappa shape index (κ1) is 14.9. The van der Waals surface area contributed by atoms with E-state index in [9.17, 15) is 4.79 Å². The number of carbonyl (C=O) groups is 1. The van der Waals surface area contributed by atoms with Crippen LogP contribution in [0.5, 0.6) is 0 Å². The number of rotatable bonds is 2. The van der Waals surface area contributed by atoms with Gasteiger partial charge >= 0.3 is 0 Å². The molecule has 0 spiro atoms. The lowest BCUT2D eigenvalue weighted by molar-refractivity contribution is -0.120. The molecule has 4 rings (SSSR count). The molecule has 1 aromatic heterocycles. The van der Waals surface area contributed by atoms with Crippen molar-refractivity contribution in [3.8, 4) is 0 Å². The quantitative estimate of drug-likeness (QED) is 0.887. The fourth-order valence-electron chi connectivity index (χ4n) is 3.89. The van der Waals surface area contributed by atoms with Crippen LogP contribution in [0.15, 0.2) is 0 Å². The van der Waals surface area contributed by atoms with Crippen molar-refractivity contribution in [1.29, 1.82) is 0 Å². The molecule has 3 heterocycles. The zero-order valence-electron chi connectivity index (χ0n) is 13.5. The lowest BCUT2D eigenvalue weighted by atomic mass is 10.0. The van der Waals surface area contributed by atoms with E-state index in [1.54, 1.807) is 0 Å². The molecule has 0 radical (unpaired) electrons. The molecule has 23 heavy (non-hydrogen) atoms. The minimum atomic E-state index is 0.0795. The summed E-state index contributed by atoms with van der Waals surface area (Å²) in [5.41, 5.74) is 2.33. The van der Waals surface area contributed by atoms with Crippen LogP contribution in [0, 0.1) is 0 Å². The number of fused-ring (bicyclic) bond motifs is 1. The van der Waals surface area contributed by atoms with E-state index < -0.39 is 0 Å². The molecule has 1 amide bonds. The molecule has 0 unspecified atom stereocenters. The van der Waals surface area contributed by atoms with Gasteiger partial charge in [-0.1, -0.05) is 12.8 Å². The SMILES string of the molecule is O=C1CN(c2nc(C3CCCC3)nc3c2CCOCC3)CCN1. The first-order valence-corrected chi connectivity index (χ1v) is 8.80. The van der Waals surface area contributed by atoms with Crippen molar-refractivity contribution in [3.63, 3.8) is 0 Å². The van der Waals surface area contributed by atoms with Crippen molar-refractivity contribution in [2.24, 2.45) is 0 Å². The predicted molar refractivity (Wildman–Crippen MR) is 86.7 cm³/mol. The van der Waals surface area contributed by atoms with Gasteiger partial charge in [0.15, 0.2) is 0 Å². The van der Waals surface area contributed by atoms with Gasteiger partial charge in [-0.2, -0.15) is 0 Å². The van der Waals surface area contributed by atoms with Gasteiger partial charge in [-0.05, 0) is 12.8 Å². The van der Waals surface area contributed by atoms with Crippen LogP contribution in [-0.4, -0.2) is 48.7 Å². The number of carbonyl (C=O) groups excluding carboxylic acids is 1. The van der Waals surface area contributed by atoms with E-state index in [4.69, 9.17) is 14.7 Å². The highest BCUT2D eigenvalue weighted by Gasteiger charge is 2.27. The van der Waals surface area contributed by atoms with E-state index in [0.717, 1.165) is 43.3 Å². The number of hydrogen-bond acceptors (Lipinski definition) is 5. The molecule has 6 heteroatoms. The molecular weight excluding hydrogens is 292 g/mol. The van der Waals surface area contributed by atoms with Gasteiger partial charge in [0.1, 0.15) is 11.6 Å². The smallest absolute Gasteiger partial charge is 0.239 e. The summed E-state index contributed by atoms with van der Waals surface area (Å²) >= 11 is 0. The molecule has 1 N–H and O–H groups in total. The number of amides is 1. The molecule has 1 aliphatic carbocycles. The first-order chi connectivity index (χ1) is 11.3. The molecule has 2 fully saturated rings. The summed E-state index contributed by atoms with van der Waals surface area (Å²) in [6.45, 7) is 3.35. The largest absolute Gasteiger partial charge is 0.381 e. The topological polar surface area (TPSA) is 67.4 Å². The lowest BCUT2D eigenvalue weighted by Crippen LogP contribution is -2.48. The standard InChI is InChI=1S/C17H24N4O2/c22-15-11-21(8-7-18-15)17-13-5-9-23-10-6-14(13)19-16(20-17)12-3-1-2-4-12/h12H,1-11H2,(H,18,22). The van der Waals surface area contributed by atoms with E-state index in [0.29, 0.717) is 25.6 Å². The summed E-state index contributed by atoms with van der Waals surface area (Å²) in [6, 6.07) is 0. The minimum Gasteiger partial charge on any atom is -0.381 e. The summed E-state index contributed by atoms with van der Waals surface area (Å²) in [5, 5.41) is 2.90. The molecular formula is C17H24N4O2. The normalized spacial score (nSPS) is 22.6. The van der Waals surface area contributed by atoms with Crippen molar-refractivity contribution >= 4 is 11.7 Å². The van der Waals surface area contributed by atoms with Gasteiger partial charge in [0, 0.05) is 37.4 Å². The first-order valence-electron chi connectivity index (χ1n) is 8.80. The third kappa shape index (κ3) is 3.04. The third-order valence-corrected chi connectivity index (χ3v) is 5.13. The Morgan fingerprint density at radius 1 is 1.13 bits per heavy atom. The van der Waals surface area contributed by atoms with Crippen LogP contribution in [0.1, 0.15) is 48.7 Å². The molecule has 1 saturated carbocycles. The zero-order valence-corrected chi connectivity index (χ0v) is 13.5. The highest BCUT2D eigenvalue weighted by molar-refractivity contribution is 5.82. The van der Waals surface area contributed by atoms with Gasteiger partial charge < -0.3 is 15.0 Å². The van der Waals surface area contributed by atoms with Crippen molar-refractivity contribution in [1.82, 2.24) is 15.3 Å². The zero-order chi connectivity index (χ0) is 15.6. The number of ether oxygens (including phenoxy) is 1. The monoisotopic (exact) mass is 316 g/mol. The van der Waals surface area contributed by atoms with Gasteiger partial charge in [-0.15, -0.1) is 0 Å². The average molecular weight is 316 g/mol. The van der Waals surface area contributed by atoms with E-state index in [2.05, 4.69) is 10.2 Å². The molecule has 6 nitrogen and oxygen atoms in total. The minimum absolute atomic E-state index is 0.0795. The second-order valence-corrected chi connectivity index (χ2v) is 6.70. The maximum atomic E-state index is 11.8. The van der Waals surface area contributed by atoms with Crippen molar-refractivity contribution in [2.75, 3.05) is 37.7 Å². The Morgan fingerprint density at radius 3 is 2.78 bits per heavy atom. The van der Waals surface area contributed by atoms with Crippen LogP contribution < -0.4 is 10.2 Å². The molecule has 0 aromatic carbocycles. The Balaban J connectivity index is 1.74. The molecule has 1 saturated heterocycles. The van der Waals surface area contributed by atoms with E-state index >= 15 is 0 Å². The molecule has 0 bridgehead atoms. The summed E-state index contributed by atoms with van der Waals surface area (Å²) in [6.07, 6.45) is 6.62. The molecule has 124 valence electrons. The summed E-state index contributed by atoms with van der Waals surface area (Å²) in [5.74, 6) is 2.54. The lowest BCUT2D eigenvalue weighted by Gasteiger charge is -2.30.